The van der Waals surface area contributed by atoms with Crippen LogP contribution in [0.2, 0.25) is 0 Å². The topological polar surface area (TPSA) is 84.7 Å². The quantitative estimate of drug-likeness (QED) is 0.509. The highest BCUT2D eigenvalue weighted by Gasteiger charge is 2.13. The molecule has 3 aromatic carbocycles. The van der Waals surface area contributed by atoms with Crippen molar-refractivity contribution < 1.29 is 14.5 Å². The minimum Gasteiger partial charge on any atom is -0.483 e. The average molecular weight is 363 g/mol. The molecule has 0 spiro atoms. The zero-order chi connectivity index (χ0) is 19.1. The Morgan fingerprint density at radius 2 is 1.52 bits per heavy atom. The van der Waals surface area contributed by atoms with Crippen molar-refractivity contribution in [1.29, 1.82) is 0 Å². The van der Waals surface area contributed by atoms with E-state index in [1.165, 1.54) is 18.2 Å². The summed E-state index contributed by atoms with van der Waals surface area (Å²) in [7, 11) is 0. The molecule has 136 valence electrons. The van der Waals surface area contributed by atoms with Gasteiger partial charge < -0.3 is 4.74 Å². The van der Waals surface area contributed by atoms with Crippen molar-refractivity contribution in [1.82, 2.24) is 5.43 Å². The van der Waals surface area contributed by atoms with Gasteiger partial charge in [-0.25, -0.2) is 0 Å². The summed E-state index contributed by atoms with van der Waals surface area (Å²) in [5.74, 6) is -0.139. The maximum Gasteiger partial charge on any atom is 0.276 e. The molecule has 0 aliphatic heterocycles. The predicted octanol–water partition coefficient (Wildman–Crippen LogP) is 3.84. The van der Waals surface area contributed by atoms with Gasteiger partial charge in [0.05, 0.1) is 22.4 Å². The first-order chi connectivity index (χ1) is 13.1. The Bertz CT molecular complexity index is 877. The van der Waals surface area contributed by atoms with Crippen molar-refractivity contribution in [3.05, 3.63) is 95.0 Å². The summed E-state index contributed by atoms with van der Waals surface area (Å²) in [5, 5.41) is 12.5. The minimum absolute atomic E-state index is 0.0943. The van der Waals surface area contributed by atoms with Gasteiger partial charge in [0.15, 0.2) is 6.61 Å². The summed E-state index contributed by atoms with van der Waals surface area (Å²) in [6.07, 6.45) is 0. The molecule has 1 N–H and O–H groups in total. The van der Waals surface area contributed by atoms with Crippen LogP contribution in [0.4, 0.5) is 17.1 Å². The molecule has 0 unspecified atom stereocenters. The first-order valence-corrected chi connectivity index (χ1v) is 8.20. The molecule has 0 bridgehead atoms. The summed E-state index contributed by atoms with van der Waals surface area (Å²) in [6, 6.07) is 24.5. The van der Waals surface area contributed by atoms with E-state index in [2.05, 4.69) is 5.43 Å². The zero-order valence-electron chi connectivity index (χ0n) is 14.3. The molecule has 1 amide bonds. The number of para-hydroxylation sites is 2. The maximum atomic E-state index is 12.4. The number of nitro groups is 1. The van der Waals surface area contributed by atoms with E-state index in [1.807, 2.05) is 60.7 Å². The smallest absolute Gasteiger partial charge is 0.276 e. The van der Waals surface area contributed by atoms with Gasteiger partial charge >= 0.3 is 0 Å². The number of ether oxygens (including phenoxy) is 1. The zero-order valence-corrected chi connectivity index (χ0v) is 14.3. The van der Waals surface area contributed by atoms with Gasteiger partial charge in [-0.05, 0) is 30.3 Å². The number of rotatable bonds is 7. The molecule has 0 aliphatic rings. The molecule has 0 fully saturated rings. The van der Waals surface area contributed by atoms with Crippen molar-refractivity contribution in [2.45, 2.75) is 0 Å². The lowest BCUT2D eigenvalue weighted by Crippen LogP contribution is -2.41. The second kappa shape index (κ2) is 8.48. The number of carbonyl (C=O) groups excluding carboxylic acids is 1. The lowest BCUT2D eigenvalue weighted by molar-refractivity contribution is -0.384. The summed E-state index contributed by atoms with van der Waals surface area (Å²) >= 11 is 0. The molecular formula is C20H17N3O4. The van der Waals surface area contributed by atoms with E-state index in [4.69, 9.17) is 4.74 Å². The molecule has 7 heteroatoms. The van der Waals surface area contributed by atoms with Crippen LogP contribution < -0.4 is 15.2 Å². The van der Waals surface area contributed by atoms with Gasteiger partial charge in [0.2, 0.25) is 0 Å². The Hall–Kier alpha value is -3.87. The van der Waals surface area contributed by atoms with Crippen molar-refractivity contribution in [3.8, 4) is 5.75 Å². The Morgan fingerprint density at radius 1 is 0.926 bits per heavy atom. The molecule has 3 aromatic rings. The molecule has 0 heterocycles. The average Bonchev–Trinajstić information content (AvgIpc) is 2.72. The summed E-state index contributed by atoms with van der Waals surface area (Å²) in [6.45, 7) is -0.280. The highest BCUT2D eigenvalue weighted by molar-refractivity contribution is 5.81. The van der Waals surface area contributed by atoms with E-state index in [0.29, 0.717) is 0 Å². The first-order valence-electron chi connectivity index (χ1n) is 8.20. The fourth-order valence-corrected chi connectivity index (χ4v) is 2.43. The lowest BCUT2D eigenvalue weighted by Gasteiger charge is -2.25. The van der Waals surface area contributed by atoms with Crippen LogP contribution in [0.1, 0.15) is 0 Å². The van der Waals surface area contributed by atoms with Gasteiger partial charge in [-0.3, -0.25) is 25.3 Å². The Morgan fingerprint density at radius 3 is 2.07 bits per heavy atom. The first kappa shape index (κ1) is 17.9. The molecule has 7 nitrogen and oxygen atoms in total. The number of hydrazine groups is 1. The normalized spacial score (nSPS) is 10.1. The number of non-ortho nitro benzene ring substituents is 1. The molecule has 0 aliphatic carbocycles. The third-order valence-corrected chi connectivity index (χ3v) is 3.66. The van der Waals surface area contributed by atoms with Crippen molar-refractivity contribution in [2.24, 2.45) is 0 Å². The van der Waals surface area contributed by atoms with Crippen molar-refractivity contribution >= 4 is 23.0 Å². The fraction of sp³-hybridized carbons (Fsp3) is 0.0500. The second-order valence-corrected chi connectivity index (χ2v) is 5.58. The lowest BCUT2D eigenvalue weighted by atomic mass is 10.2. The molecular weight excluding hydrogens is 346 g/mol. The molecule has 27 heavy (non-hydrogen) atoms. The van der Waals surface area contributed by atoms with Gasteiger partial charge in [0.1, 0.15) is 5.75 Å². The third kappa shape index (κ3) is 4.82. The van der Waals surface area contributed by atoms with Crippen LogP contribution in [0.25, 0.3) is 0 Å². The van der Waals surface area contributed by atoms with Crippen molar-refractivity contribution in [3.63, 3.8) is 0 Å². The highest BCUT2D eigenvalue weighted by atomic mass is 16.6. The standard InChI is InChI=1S/C20H17N3O4/c24-20(15-27-19-13-7-12-18(14-19)23(25)26)21-22(16-8-3-1-4-9-16)17-10-5-2-6-11-17/h1-14H,15H2,(H,21,24). The van der Waals surface area contributed by atoms with Gasteiger partial charge in [-0.1, -0.05) is 42.5 Å². The molecule has 0 atom stereocenters. The van der Waals surface area contributed by atoms with Crippen LogP contribution in [-0.4, -0.2) is 17.4 Å². The Balaban J connectivity index is 1.70. The SMILES string of the molecule is O=C(COc1cccc([N+](=O)[O-])c1)NN(c1ccccc1)c1ccccc1. The van der Waals surface area contributed by atoms with Crippen LogP contribution in [0.5, 0.6) is 5.75 Å². The molecule has 0 saturated carbocycles. The number of hydrogen-bond acceptors (Lipinski definition) is 5. The predicted molar refractivity (Wildman–Crippen MR) is 102 cm³/mol. The van der Waals surface area contributed by atoms with E-state index in [-0.39, 0.29) is 18.0 Å². The minimum atomic E-state index is -0.514. The van der Waals surface area contributed by atoms with Gasteiger partial charge in [-0.2, -0.15) is 0 Å². The number of amides is 1. The van der Waals surface area contributed by atoms with E-state index in [0.717, 1.165) is 11.4 Å². The van der Waals surface area contributed by atoms with E-state index in [1.54, 1.807) is 11.1 Å². The fourth-order valence-electron chi connectivity index (χ4n) is 2.43. The number of nitrogens with zero attached hydrogens (tertiary/aromatic N) is 2. The van der Waals surface area contributed by atoms with Crippen LogP contribution >= 0.6 is 0 Å². The highest BCUT2D eigenvalue weighted by Crippen LogP contribution is 2.23. The van der Waals surface area contributed by atoms with E-state index in [9.17, 15) is 14.9 Å². The van der Waals surface area contributed by atoms with Gasteiger partial charge in [0.25, 0.3) is 11.6 Å². The number of hydrogen-bond donors (Lipinski definition) is 1. The number of benzene rings is 3. The number of nitro benzene ring substituents is 1. The summed E-state index contributed by atoms with van der Waals surface area (Å²) in [5.41, 5.74) is 4.27. The summed E-state index contributed by atoms with van der Waals surface area (Å²) < 4.78 is 5.39. The molecule has 3 rings (SSSR count). The third-order valence-electron chi connectivity index (χ3n) is 3.66. The number of anilines is 2. The van der Waals surface area contributed by atoms with Crippen LogP contribution in [0.3, 0.4) is 0 Å². The Kier molecular flexibility index (Phi) is 5.64. The van der Waals surface area contributed by atoms with Gasteiger partial charge in [-0.15, -0.1) is 0 Å². The van der Waals surface area contributed by atoms with Crippen molar-refractivity contribution in [2.75, 3.05) is 11.6 Å². The monoisotopic (exact) mass is 363 g/mol. The van der Waals surface area contributed by atoms with E-state index < -0.39 is 10.8 Å². The number of nitrogens with one attached hydrogen (secondary N) is 1. The van der Waals surface area contributed by atoms with Crippen LogP contribution in [-0.2, 0) is 4.79 Å². The van der Waals surface area contributed by atoms with E-state index >= 15 is 0 Å². The molecule has 0 radical (unpaired) electrons. The Labute approximate surface area is 155 Å². The van der Waals surface area contributed by atoms with Gasteiger partial charge in [0, 0.05) is 6.07 Å². The summed E-state index contributed by atoms with van der Waals surface area (Å²) in [4.78, 5) is 22.7. The largest absolute Gasteiger partial charge is 0.483 e. The van der Waals surface area contributed by atoms with Crippen LogP contribution in [0.15, 0.2) is 84.9 Å². The molecule has 0 aromatic heterocycles. The molecule has 0 saturated heterocycles. The number of carbonyl (C=O) groups is 1. The maximum absolute atomic E-state index is 12.4. The van der Waals surface area contributed by atoms with Crippen LogP contribution in [0, 0.1) is 10.1 Å². The second-order valence-electron chi connectivity index (χ2n) is 5.58.